The summed E-state index contributed by atoms with van der Waals surface area (Å²) in [5.41, 5.74) is -0.454. The van der Waals surface area contributed by atoms with E-state index in [4.69, 9.17) is 9.15 Å². The molecule has 0 bridgehead atoms. The first-order valence-electron chi connectivity index (χ1n) is 8.22. The quantitative estimate of drug-likeness (QED) is 0.838. The SMILES string of the molecule is Cc1cc(OC2CCN(S(=O)(=O)C3CCCCC3)C2)cc(=O)o1. The number of hydrogen-bond acceptors (Lipinski definition) is 5. The van der Waals surface area contributed by atoms with Crippen LogP contribution in [0.2, 0.25) is 0 Å². The molecule has 128 valence electrons. The summed E-state index contributed by atoms with van der Waals surface area (Å²) in [5.74, 6) is 0.929. The molecule has 1 aliphatic heterocycles. The van der Waals surface area contributed by atoms with Crippen molar-refractivity contribution in [3.05, 3.63) is 28.3 Å². The van der Waals surface area contributed by atoms with E-state index in [1.165, 1.54) is 6.07 Å². The Morgan fingerprint density at radius 3 is 2.61 bits per heavy atom. The molecule has 23 heavy (non-hydrogen) atoms. The van der Waals surface area contributed by atoms with E-state index in [9.17, 15) is 13.2 Å². The predicted octanol–water partition coefficient (Wildman–Crippen LogP) is 2.06. The van der Waals surface area contributed by atoms with Crippen molar-refractivity contribution in [2.45, 2.75) is 56.8 Å². The fraction of sp³-hybridized carbons (Fsp3) is 0.688. The Hall–Kier alpha value is -1.34. The van der Waals surface area contributed by atoms with Crippen LogP contribution < -0.4 is 10.4 Å². The van der Waals surface area contributed by atoms with Gasteiger partial charge in [0.1, 0.15) is 17.6 Å². The van der Waals surface area contributed by atoms with Gasteiger partial charge in [-0.1, -0.05) is 19.3 Å². The molecule has 1 unspecified atom stereocenters. The second-order valence-electron chi connectivity index (χ2n) is 6.41. The van der Waals surface area contributed by atoms with Crippen LogP contribution >= 0.6 is 0 Å². The lowest BCUT2D eigenvalue weighted by atomic mass is 10.0. The molecule has 2 aliphatic rings. The molecule has 6 nitrogen and oxygen atoms in total. The van der Waals surface area contributed by atoms with Crippen LogP contribution in [0.4, 0.5) is 0 Å². The minimum Gasteiger partial charge on any atom is -0.489 e. The lowest BCUT2D eigenvalue weighted by molar-refractivity contribution is 0.212. The third kappa shape index (κ3) is 3.77. The van der Waals surface area contributed by atoms with Gasteiger partial charge in [-0.15, -0.1) is 0 Å². The van der Waals surface area contributed by atoms with Crippen molar-refractivity contribution in [1.29, 1.82) is 0 Å². The maximum absolute atomic E-state index is 12.7. The van der Waals surface area contributed by atoms with Crippen LogP contribution in [0.15, 0.2) is 21.3 Å². The van der Waals surface area contributed by atoms with Gasteiger partial charge in [-0.2, -0.15) is 4.31 Å². The number of sulfonamides is 1. The van der Waals surface area contributed by atoms with Gasteiger partial charge in [0.2, 0.25) is 10.0 Å². The van der Waals surface area contributed by atoms with Crippen molar-refractivity contribution in [3.8, 4) is 5.75 Å². The molecule has 0 amide bonds. The van der Waals surface area contributed by atoms with Crippen LogP contribution in [0, 0.1) is 6.92 Å². The smallest absolute Gasteiger partial charge is 0.339 e. The zero-order chi connectivity index (χ0) is 16.4. The largest absolute Gasteiger partial charge is 0.489 e. The van der Waals surface area contributed by atoms with Gasteiger partial charge >= 0.3 is 5.63 Å². The molecule has 0 spiro atoms. The van der Waals surface area contributed by atoms with Gasteiger partial charge < -0.3 is 9.15 Å². The fourth-order valence-corrected chi connectivity index (χ4v) is 5.52. The summed E-state index contributed by atoms with van der Waals surface area (Å²) >= 11 is 0. The summed E-state index contributed by atoms with van der Waals surface area (Å²) in [6.07, 6.45) is 5.09. The summed E-state index contributed by atoms with van der Waals surface area (Å²) in [5, 5.41) is -0.235. The van der Waals surface area contributed by atoms with Crippen LogP contribution in [0.1, 0.15) is 44.3 Å². The van der Waals surface area contributed by atoms with Crippen LogP contribution in [0.3, 0.4) is 0 Å². The Labute approximate surface area is 136 Å². The predicted molar refractivity (Wildman–Crippen MR) is 86.1 cm³/mol. The van der Waals surface area contributed by atoms with Crippen molar-refractivity contribution in [2.75, 3.05) is 13.1 Å². The second kappa shape index (κ2) is 6.65. The van der Waals surface area contributed by atoms with E-state index in [2.05, 4.69) is 0 Å². The Morgan fingerprint density at radius 1 is 1.17 bits per heavy atom. The Morgan fingerprint density at radius 2 is 1.91 bits per heavy atom. The zero-order valence-corrected chi connectivity index (χ0v) is 14.2. The Bertz CT molecular complexity index is 705. The first-order chi connectivity index (χ1) is 10.9. The van der Waals surface area contributed by atoms with Gasteiger partial charge in [0, 0.05) is 12.6 Å². The Kier molecular flexibility index (Phi) is 4.77. The van der Waals surface area contributed by atoms with E-state index in [-0.39, 0.29) is 11.4 Å². The van der Waals surface area contributed by atoms with Crippen molar-refractivity contribution in [3.63, 3.8) is 0 Å². The molecule has 2 heterocycles. The third-order valence-electron chi connectivity index (χ3n) is 4.61. The molecular formula is C16H23NO5S. The summed E-state index contributed by atoms with van der Waals surface area (Å²) in [6, 6.07) is 2.95. The molecule has 1 aromatic heterocycles. The first-order valence-corrected chi connectivity index (χ1v) is 9.73. The summed E-state index contributed by atoms with van der Waals surface area (Å²) in [6.45, 7) is 2.53. The lowest BCUT2D eigenvalue weighted by Gasteiger charge is -2.26. The van der Waals surface area contributed by atoms with Crippen molar-refractivity contribution >= 4 is 10.0 Å². The monoisotopic (exact) mass is 341 g/mol. The highest BCUT2D eigenvalue weighted by Gasteiger charge is 2.38. The fourth-order valence-electron chi connectivity index (χ4n) is 3.44. The molecule has 1 atom stereocenters. The number of hydrogen-bond donors (Lipinski definition) is 0. The van der Waals surface area contributed by atoms with E-state index in [0.717, 1.165) is 32.1 Å². The number of ether oxygens (including phenoxy) is 1. The molecule has 0 aromatic carbocycles. The van der Waals surface area contributed by atoms with Gasteiger partial charge in [-0.25, -0.2) is 13.2 Å². The highest BCUT2D eigenvalue weighted by molar-refractivity contribution is 7.89. The van der Waals surface area contributed by atoms with Crippen molar-refractivity contribution < 1.29 is 17.6 Å². The molecule has 2 fully saturated rings. The van der Waals surface area contributed by atoms with E-state index >= 15 is 0 Å². The van der Waals surface area contributed by atoms with E-state index in [0.29, 0.717) is 31.0 Å². The summed E-state index contributed by atoms with van der Waals surface area (Å²) < 4.78 is 37.6. The summed E-state index contributed by atoms with van der Waals surface area (Å²) in [7, 11) is -3.23. The van der Waals surface area contributed by atoms with E-state index in [1.807, 2.05) is 0 Å². The van der Waals surface area contributed by atoms with E-state index in [1.54, 1.807) is 17.3 Å². The molecule has 0 radical (unpaired) electrons. The molecule has 1 aliphatic carbocycles. The maximum atomic E-state index is 12.7. The molecule has 3 rings (SSSR count). The van der Waals surface area contributed by atoms with Crippen LogP contribution in [0.5, 0.6) is 5.75 Å². The molecule has 1 saturated heterocycles. The summed E-state index contributed by atoms with van der Waals surface area (Å²) in [4.78, 5) is 11.4. The zero-order valence-electron chi connectivity index (χ0n) is 13.4. The van der Waals surface area contributed by atoms with Crippen LogP contribution in [0.25, 0.3) is 0 Å². The van der Waals surface area contributed by atoms with Gasteiger partial charge in [-0.3, -0.25) is 0 Å². The van der Waals surface area contributed by atoms with Gasteiger partial charge in [0.25, 0.3) is 0 Å². The lowest BCUT2D eigenvalue weighted by Crippen LogP contribution is -2.39. The molecular weight excluding hydrogens is 318 g/mol. The molecule has 7 heteroatoms. The average molecular weight is 341 g/mol. The van der Waals surface area contributed by atoms with Gasteiger partial charge in [0.05, 0.1) is 17.9 Å². The van der Waals surface area contributed by atoms with Crippen LogP contribution in [-0.2, 0) is 10.0 Å². The highest BCUT2D eigenvalue weighted by atomic mass is 32.2. The van der Waals surface area contributed by atoms with Crippen molar-refractivity contribution in [2.24, 2.45) is 0 Å². The maximum Gasteiger partial charge on any atom is 0.339 e. The van der Waals surface area contributed by atoms with E-state index < -0.39 is 15.6 Å². The van der Waals surface area contributed by atoms with Gasteiger partial charge in [-0.05, 0) is 26.2 Å². The topological polar surface area (TPSA) is 76.8 Å². The van der Waals surface area contributed by atoms with Gasteiger partial charge in [0.15, 0.2) is 0 Å². The normalized spacial score (nSPS) is 24.0. The number of aryl methyl sites for hydroxylation is 1. The number of nitrogens with zero attached hydrogens (tertiary/aromatic N) is 1. The highest BCUT2D eigenvalue weighted by Crippen LogP contribution is 2.29. The molecule has 0 N–H and O–H groups in total. The first kappa shape index (κ1) is 16.5. The standard InChI is InChI=1S/C16H23NO5S/c1-12-9-14(10-16(18)21-12)22-13-7-8-17(11-13)23(19,20)15-5-3-2-4-6-15/h9-10,13,15H,2-8,11H2,1H3. The minimum atomic E-state index is -3.23. The third-order valence-corrected chi connectivity index (χ3v) is 6.98. The van der Waals surface area contributed by atoms with Crippen LogP contribution in [-0.4, -0.2) is 37.2 Å². The Balaban J connectivity index is 1.64. The molecule has 1 saturated carbocycles. The average Bonchev–Trinajstić information content (AvgIpc) is 2.96. The number of rotatable bonds is 4. The second-order valence-corrected chi connectivity index (χ2v) is 8.63. The molecule has 1 aromatic rings. The minimum absolute atomic E-state index is 0.213. The van der Waals surface area contributed by atoms with Crippen molar-refractivity contribution in [1.82, 2.24) is 4.31 Å².